The minimum absolute atomic E-state index is 0.240. The molecule has 2 aromatic carbocycles. The Kier molecular flexibility index (Phi) is 4.62. The molecule has 5 rings (SSSR count). The molecule has 156 valence electrons. The molecule has 2 aliphatic heterocycles. The maximum Gasteiger partial charge on any atom is 0.451 e. The number of hydrogen-bond donors (Lipinski definition) is 0. The molecular weight excluding hydrogens is 397 g/mol. The SMILES string of the molecule is FC(F)(F)c1nc(N2CCN(Cc3ccc4c(c3)OCO4)CC2)c2ccccc2n1. The van der Waals surface area contributed by atoms with Gasteiger partial charge in [-0.15, -0.1) is 0 Å². The maximum absolute atomic E-state index is 13.3. The minimum Gasteiger partial charge on any atom is -0.454 e. The molecule has 0 aliphatic carbocycles. The first-order valence-corrected chi connectivity index (χ1v) is 9.67. The summed E-state index contributed by atoms with van der Waals surface area (Å²) in [5.74, 6) is 0.743. The number of fused-ring (bicyclic) bond motifs is 2. The summed E-state index contributed by atoms with van der Waals surface area (Å²) in [6, 6.07) is 12.7. The van der Waals surface area contributed by atoms with Crippen molar-refractivity contribution < 1.29 is 22.6 Å². The number of aromatic nitrogens is 2. The van der Waals surface area contributed by atoms with Crippen molar-refractivity contribution in [2.24, 2.45) is 0 Å². The van der Waals surface area contributed by atoms with Crippen LogP contribution in [-0.4, -0.2) is 47.8 Å². The topological polar surface area (TPSA) is 50.7 Å². The van der Waals surface area contributed by atoms with Crippen molar-refractivity contribution in [3.63, 3.8) is 0 Å². The average molecular weight is 416 g/mol. The van der Waals surface area contributed by atoms with Gasteiger partial charge in [-0.1, -0.05) is 18.2 Å². The molecular formula is C21H19F3N4O2. The first kappa shape index (κ1) is 18.9. The third-order valence-corrected chi connectivity index (χ3v) is 5.35. The molecule has 0 atom stereocenters. The van der Waals surface area contributed by atoms with Crippen LogP contribution in [0.15, 0.2) is 42.5 Å². The monoisotopic (exact) mass is 416 g/mol. The van der Waals surface area contributed by atoms with E-state index in [1.165, 1.54) is 0 Å². The molecule has 0 amide bonds. The van der Waals surface area contributed by atoms with Crippen LogP contribution < -0.4 is 14.4 Å². The van der Waals surface area contributed by atoms with E-state index in [0.29, 0.717) is 42.9 Å². The second kappa shape index (κ2) is 7.32. The Morgan fingerprint density at radius 1 is 0.900 bits per heavy atom. The van der Waals surface area contributed by atoms with Gasteiger partial charge in [0.2, 0.25) is 12.6 Å². The highest BCUT2D eigenvalue weighted by Gasteiger charge is 2.36. The fourth-order valence-electron chi connectivity index (χ4n) is 3.84. The molecule has 3 heterocycles. The molecule has 6 nitrogen and oxygen atoms in total. The van der Waals surface area contributed by atoms with Crippen LogP contribution in [0.2, 0.25) is 0 Å². The third-order valence-electron chi connectivity index (χ3n) is 5.35. The van der Waals surface area contributed by atoms with Gasteiger partial charge in [0.1, 0.15) is 5.82 Å². The fraction of sp³-hybridized carbons (Fsp3) is 0.333. The molecule has 0 spiro atoms. The number of anilines is 1. The number of alkyl halides is 3. The highest BCUT2D eigenvalue weighted by molar-refractivity contribution is 5.89. The number of para-hydroxylation sites is 1. The lowest BCUT2D eigenvalue weighted by molar-refractivity contribution is -0.144. The normalized spacial score (nSPS) is 17.0. The Morgan fingerprint density at radius 2 is 1.67 bits per heavy atom. The second-order valence-electron chi connectivity index (χ2n) is 7.34. The van der Waals surface area contributed by atoms with Crippen molar-refractivity contribution in [3.05, 3.63) is 53.9 Å². The molecule has 0 bridgehead atoms. The molecule has 3 aromatic rings. The van der Waals surface area contributed by atoms with Crippen molar-refractivity contribution in [2.75, 3.05) is 37.9 Å². The fourth-order valence-corrected chi connectivity index (χ4v) is 3.84. The van der Waals surface area contributed by atoms with Crippen molar-refractivity contribution in [1.29, 1.82) is 0 Å². The Bertz CT molecular complexity index is 1080. The maximum atomic E-state index is 13.3. The number of piperazine rings is 1. The van der Waals surface area contributed by atoms with Crippen LogP contribution in [0.5, 0.6) is 11.5 Å². The number of ether oxygens (including phenoxy) is 2. The van der Waals surface area contributed by atoms with Crippen molar-refractivity contribution >= 4 is 16.7 Å². The average Bonchev–Trinajstić information content (AvgIpc) is 3.21. The van der Waals surface area contributed by atoms with E-state index in [2.05, 4.69) is 14.9 Å². The van der Waals surface area contributed by atoms with Gasteiger partial charge in [0.15, 0.2) is 11.5 Å². The molecule has 9 heteroatoms. The summed E-state index contributed by atoms with van der Waals surface area (Å²) in [7, 11) is 0. The van der Waals surface area contributed by atoms with E-state index in [1.807, 2.05) is 23.1 Å². The van der Waals surface area contributed by atoms with E-state index in [1.54, 1.807) is 24.3 Å². The smallest absolute Gasteiger partial charge is 0.451 e. The van der Waals surface area contributed by atoms with Crippen LogP contribution in [0.3, 0.4) is 0 Å². The molecule has 0 radical (unpaired) electrons. The molecule has 0 N–H and O–H groups in total. The lowest BCUT2D eigenvalue weighted by atomic mass is 10.1. The van der Waals surface area contributed by atoms with Crippen LogP contribution in [0, 0.1) is 0 Å². The van der Waals surface area contributed by atoms with Gasteiger partial charge in [0, 0.05) is 38.1 Å². The zero-order valence-corrected chi connectivity index (χ0v) is 16.0. The Morgan fingerprint density at radius 3 is 2.47 bits per heavy atom. The summed E-state index contributed by atoms with van der Waals surface area (Å²) >= 11 is 0. The van der Waals surface area contributed by atoms with E-state index in [-0.39, 0.29) is 6.79 Å². The number of benzene rings is 2. The van der Waals surface area contributed by atoms with Crippen LogP contribution in [0.25, 0.3) is 10.9 Å². The van der Waals surface area contributed by atoms with Crippen molar-refractivity contribution in [3.8, 4) is 11.5 Å². The van der Waals surface area contributed by atoms with Crippen LogP contribution >= 0.6 is 0 Å². The van der Waals surface area contributed by atoms with E-state index < -0.39 is 12.0 Å². The highest BCUT2D eigenvalue weighted by Crippen LogP contribution is 2.34. The molecule has 1 fully saturated rings. The quantitative estimate of drug-likeness (QED) is 0.649. The third kappa shape index (κ3) is 3.60. The second-order valence-corrected chi connectivity index (χ2v) is 7.34. The van der Waals surface area contributed by atoms with Gasteiger partial charge >= 0.3 is 6.18 Å². The van der Waals surface area contributed by atoms with E-state index in [0.717, 1.165) is 23.6 Å². The predicted octanol–water partition coefficient (Wildman–Crippen LogP) is 3.70. The molecule has 0 unspecified atom stereocenters. The largest absolute Gasteiger partial charge is 0.454 e. The number of nitrogens with zero attached hydrogens (tertiary/aromatic N) is 4. The molecule has 0 saturated carbocycles. The lowest BCUT2D eigenvalue weighted by Crippen LogP contribution is -2.46. The Balaban J connectivity index is 1.33. The standard InChI is InChI=1S/C21H19F3N4O2/c22-21(23,24)20-25-16-4-2-1-3-15(16)19(26-20)28-9-7-27(8-10-28)12-14-5-6-17-18(11-14)30-13-29-17/h1-6,11H,7-10,12-13H2. The zero-order chi connectivity index (χ0) is 20.7. The summed E-state index contributed by atoms with van der Waals surface area (Å²) in [5.41, 5.74) is 1.41. The minimum atomic E-state index is -4.58. The first-order valence-electron chi connectivity index (χ1n) is 9.67. The van der Waals surface area contributed by atoms with Gasteiger partial charge < -0.3 is 14.4 Å². The predicted molar refractivity (Wildman–Crippen MR) is 105 cm³/mol. The van der Waals surface area contributed by atoms with Crippen LogP contribution in [-0.2, 0) is 12.7 Å². The number of halogens is 3. The summed E-state index contributed by atoms with van der Waals surface area (Å²) in [6.45, 7) is 3.58. The van der Waals surface area contributed by atoms with E-state index in [9.17, 15) is 13.2 Å². The molecule has 1 aromatic heterocycles. The van der Waals surface area contributed by atoms with Gasteiger partial charge in [0.25, 0.3) is 0 Å². The van der Waals surface area contributed by atoms with Gasteiger partial charge in [-0.3, -0.25) is 4.90 Å². The van der Waals surface area contributed by atoms with Crippen LogP contribution in [0.1, 0.15) is 11.4 Å². The van der Waals surface area contributed by atoms with E-state index in [4.69, 9.17) is 9.47 Å². The van der Waals surface area contributed by atoms with Crippen molar-refractivity contribution in [1.82, 2.24) is 14.9 Å². The highest BCUT2D eigenvalue weighted by atomic mass is 19.4. The van der Waals surface area contributed by atoms with Gasteiger partial charge in [0.05, 0.1) is 5.52 Å². The molecule has 1 saturated heterocycles. The Hall–Kier alpha value is -3.07. The number of rotatable bonds is 3. The molecule has 30 heavy (non-hydrogen) atoms. The first-order chi connectivity index (χ1) is 14.5. The summed E-state index contributed by atoms with van der Waals surface area (Å²) in [5, 5.41) is 0.634. The van der Waals surface area contributed by atoms with Crippen molar-refractivity contribution in [2.45, 2.75) is 12.7 Å². The van der Waals surface area contributed by atoms with Gasteiger partial charge in [-0.05, 0) is 29.8 Å². The Labute approximate surface area is 170 Å². The van der Waals surface area contributed by atoms with E-state index >= 15 is 0 Å². The molecule has 2 aliphatic rings. The zero-order valence-electron chi connectivity index (χ0n) is 16.0. The number of hydrogen-bond acceptors (Lipinski definition) is 6. The van der Waals surface area contributed by atoms with Crippen LogP contribution in [0.4, 0.5) is 19.0 Å². The van der Waals surface area contributed by atoms with Gasteiger partial charge in [-0.25, -0.2) is 9.97 Å². The summed E-state index contributed by atoms with van der Waals surface area (Å²) in [6.07, 6.45) is -4.58. The summed E-state index contributed by atoms with van der Waals surface area (Å²) < 4.78 is 50.6. The lowest BCUT2D eigenvalue weighted by Gasteiger charge is -2.36. The van der Waals surface area contributed by atoms with Gasteiger partial charge in [-0.2, -0.15) is 13.2 Å². The summed E-state index contributed by atoms with van der Waals surface area (Å²) in [4.78, 5) is 11.8.